The van der Waals surface area contributed by atoms with E-state index in [-0.39, 0.29) is 28.2 Å². The van der Waals surface area contributed by atoms with Crippen molar-refractivity contribution in [2.45, 2.75) is 18.4 Å². The van der Waals surface area contributed by atoms with E-state index in [9.17, 15) is 31.6 Å². The summed E-state index contributed by atoms with van der Waals surface area (Å²) in [5.41, 5.74) is -1.26. The number of anilines is 2. The third-order valence-corrected chi connectivity index (χ3v) is 5.16. The van der Waals surface area contributed by atoms with Gasteiger partial charge in [-0.25, -0.2) is 5.01 Å². The Hall–Kier alpha value is -3.93. The second-order valence-electron chi connectivity index (χ2n) is 7.22. The van der Waals surface area contributed by atoms with Crippen LogP contribution in [0.3, 0.4) is 0 Å². The highest BCUT2D eigenvalue weighted by Gasteiger charge is 2.55. The molecular formula is C24H15F6N3. The molecule has 33 heavy (non-hydrogen) atoms. The molecule has 0 N–H and O–H groups in total. The van der Waals surface area contributed by atoms with Crippen molar-refractivity contribution in [1.29, 1.82) is 5.26 Å². The van der Waals surface area contributed by atoms with Crippen molar-refractivity contribution >= 4 is 16.9 Å². The van der Waals surface area contributed by atoms with Crippen molar-refractivity contribution < 1.29 is 26.3 Å². The number of hydrogen-bond acceptors (Lipinski definition) is 3. The van der Waals surface area contributed by atoms with Crippen molar-refractivity contribution in [2.75, 3.05) is 10.0 Å². The van der Waals surface area contributed by atoms with Crippen LogP contribution in [0.25, 0.3) is 5.57 Å². The molecule has 0 bridgehead atoms. The van der Waals surface area contributed by atoms with Crippen LogP contribution in [-0.2, 0) is 6.18 Å². The molecule has 0 fully saturated rings. The van der Waals surface area contributed by atoms with Gasteiger partial charge in [0.15, 0.2) is 6.04 Å². The third-order valence-electron chi connectivity index (χ3n) is 5.16. The van der Waals surface area contributed by atoms with Gasteiger partial charge in [0.1, 0.15) is 11.8 Å². The van der Waals surface area contributed by atoms with E-state index in [0.29, 0.717) is 0 Å². The van der Waals surface area contributed by atoms with Crippen LogP contribution in [0, 0.1) is 11.3 Å². The van der Waals surface area contributed by atoms with Crippen LogP contribution in [0.5, 0.6) is 0 Å². The van der Waals surface area contributed by atoms with Crippen molar-refractivity contribution in [2.24, 2.45) is 0 Å². The first-order valence-electron chi connectivity index (χ1n) is 9.71. The molecule has 1 unspecified atom stereocenters. The zero-order valence-corrected chi connectivity index (χ0v) is 16.8. The predicted molar refractivity (Wildman–Crippen MR) is 112 cm³/mol. The molecule has 0 spiro atoms. The molecule has 0 saturated heterocycles. The summed E-state index contributed by atoms with van der Waals surface area (Å²) in [5.74, 6) is 0. The average Bonchev–Trinajstić information content (AvgIpc) is 3.15. The van der Waals surface area contributed by atoms with Gasteiger partial charge in [-0.05, 0) is 42.0 Å². The minimum Gasteiger partial charge on any atom is -0.263 e. The normalized spacial score (nSPS) is 16.8. The first-order chi connectivity index (χ1) is 15.6. The van der Waals surface area contributed by atoms with E-state index in [4.69, 9.17) is 0 Å². The summed E-state index contributed by atoms with van der Waals surface area (Å²) in [6, 6.07) is 18.5. The highest BCUT2D eigenvalue weighted by Crippen LogP contribution is 2.47. The molecule has 3 nitrogen and oxygen atoms in total. The van der Waals surface area contributed by atoms with E-state index < -0.39 is 24.0 Å². The van der Waals surface area contributed by atoms with E-state index in [0.717, 1.165) is 34.3 Å². The molecule has 0 aromatic heterocycles. The topological polar surface area (TPSA) is 30.3 Å². The fourth-order valence-corrected chi connectivity index (χ4v) is 3.80. The van der Waals surface area contributed by atoms with Crippen molar-refractivity contribution in [3.8, 4) is 6.07 Å². The Bertz CT molecular complexity index is 1190. The summed E-state index contributed by atoms with van der Waals surface area (Å²) in [6.45, 7) is 0. The Morgan fingerprint density at radius 1 is 0.697 bits per heavy atom. The van der Waals surface area contributed by atoms with E-state index in [2.05, 4.69) is 0 Å². The first kappa shape index (κ1) is 22.3. The molecule has 0 saturated carbocycles. The molecule has 0 radical (unpaired) electrons. The number of alkyl halides is 6. The maximum atomic E-state index is 14.5. The lowest BCUT2D eigenvalue weighted by molar-refractivity contribution is -0.137. The summed E-state index contributed by atoms with van der Waals surface area (Å²) in [6.07, 6.45) is -9.41. The van der Waals surface area contributed by atoms with E-state index in [1.165, 1.54) is 24.3 Å². The maximum Gasteiger partial charge on any atom is 0.416 e. The number of allylic oxidation sites excluding steroid dienone is 1. The summed E-state index contributed by atoms with van der Waals surface area (Å²) in [5, 5.41) is 11.9. The minimum atomic E-state index is -4.80. The van der Waals surface area contributed by atoms with Gasteiger partial charge >= 0.3 is 12.4 Å². The molecule has 3 aromatic carbocycles. The molecule has 9 heteroatoms. The number of nitriles is 1. The molecule has 1 aliphatic rings. The largest absolute Gasteiger partial charge is 0.416 e. The molecule has 1 aliphatic heterocycles. The minimum absolute atomic E-state index is 0.0106. The predicted octanol–water partition coefficient (Wildman–Crippen LogP) is 6.81. The standard InChI is InChI=1S/C24H15F6N3/c25-23(26,27)17-11-13-19(14-12-17)32-20(15-31)21(16-7-3-1-4-8-16)22(24(28,29)30)33(32)18-9-5-2-6-10-18/h1-14,22H. The SMILES string of the molecule is N#CC1=C(c2ccccc2)C(C(F)(F)F)N(c2ccccc2)N1c1ccc(C(F)(F)F)cc1. The molecule has 0 aliphatic carbocycles. The van der Waals surface area contributed by atoms with E-state index >= 15 is 0 Å². The lowest BCUT2D eigenvalue weighted by atomic mass is 9.97. The Kier molecular flexibility index (Phi) is 5.54. The van der Waals surface area contributed by atoms with Gasteiger partial charge in [0, 0.05) is 5.57 Å². The highest BCUT2D eigenvalue weighted by atomic mass is 19.4. The first-order valence-corrected chi connectivity index (χ1v) is 9.71. The van der Waals surface area contributed by atoms with Crippen LogP contribution in [0.4, 0.5) is 37.7 Å². The quantitative estimate of drug-likeness (QED) is 0.403. The van der Waals surface area contributed by atoms with Crippen LogP contribution < -0.4 is 10.0 Å². The molecular weight excluding hydrogens is 444 g/mol. The second-order valence-corrected chi connectivity index (χ2v) is 7.22. The van der Waals surface area contributed by atoms with Crippen LogP contribution in [0.1, 0.15) is 11.1 Å². The Balaban J connectivity index is 1.98. The van der Waals surface area contributed by atoms with Gasteiger partial charge in [-0.2, -0.15) is 31.6 Å². The molecule has 1 heterocycles. The highest BCUT2D eigenvalue weighted by molar-refractivity contribution is 5.89. The molecule has 0 amide bonds. The molecule has 1 atom stereocenters. The number of para-hydroxylation sites is 1. The van der Waals surface area contributed by atoms with Crippen LogP contribution in [-0.4, -0.2) is 12.2 Å². The number of hydrogen-bond donors (Lipinski definition) is 0. The molecule has 4 rings (SSSR count). The number of halogens is 6. The Morgan fingerprint density at radius 3 is 1.73 bits per heavy atom. The number of benzene rings is 3. The summed E-state index contributed by atoms with van der Waals surface area (Å²) >= 11 is 0. The lowest BCUT2D eigenvalue weighted by Gasteiger charge is -2.37. The van der Waals surface area contributed by atoms with Crippen LogP contribution >= 0.6 is 0 Å². The third kappa shape index (κ3) is 4.12. The summed E-state index contributed by atoms with van der Waals surface area (Å²) in [7, 11) is 0. The lowest BCUT2D eigenvalue weighted by Crippen LogP contribution is -2.50. The zero-order chi connectivity index (χ0) is 23.8. The fraction of sp³-hybridized carbons (Fsp3) is 0.125. The second kappa shape index (κ2) is 8.20. The zero-order valence-electron chi connectivity index (χ0n) is 16.8. The van der Waals surface area contributed by atoms with Gasteiger partial charge in [-0.15, -0.1) is 0 Å². The Morgan fingerprint density at radius 2 is 1.24 bits per heavy atom. The van der Waals surface area contributed by atoms with Crippen molar-refractivity contribution in [3.05, 3.63) is 102 Å². The molecule has 168 valence electrons. The number of nitrogens with zero attached hydrogens (tertiary/aromatic N) is 3. The van der Waals surface area contributed by atoms with E-state index in [1.54, 1.807) is 36.4 Å². The van der Waals surface area contributed by atoms with Crippen LogP contribution in [0.2, 0.25) is 0 Å². The van der Waals surface area contributed by atoms with Crippen molar-refractivity contribution in [1.82, 2.24) is 0 Å². The van der Waals surface area contributed by atoms with Gasteiger partial charge in [-0.1, -0.05) is 48.5 Å². The van der Waals surface area contributed by atoms with Gasteiger partial charge in [-0.3, -0.25) is 5.01 Å². The molecule has 3 aromatic rings. The van der Waals surface area contributed by atoms with Gasteiger partial charge in [0.2, 0.25) is 0 Å². The van der Waals surface area contributed by atoms with Crippen LogP contribution in [0.15, 0.2) is 90.6 Å². The van der Waals surface area contributed by atoms with Gasteiger partial charge < -0.3 is 0 Å². The Labute approximate surface area is 185 Å². The fourth-order valence-electron chi connectivity index (χ4n) is 3.80. The summed E-state index contributed by atoms with van der Waals surface area (Å²) < 4.78 is 82.6. The van der Waals surface area contributed by atoms with Crippen molar-refractivity contribution in [3.63, 3.8) is 0 Å². The van der Waals surface area contributed by atoms with Gasteiger partial charge in [0.05, 0.1) is 16.9 Å². The number of hydrazine groups is 1. The average molecular weight is 459 g/mol. The smallest absolute Gasteiger partial charge is 0.263 e. The maximum absolute atomic E-state index is 14.5. The summed E-state index contributed by atoms with van der Waals surface area (Å²) in [4.78, 5) is 0. The monoisotopic (exact) mass is 459 g/mol. The van der Waals surface area contributed by atoms with Gasteiger partial charge in [0.25, 0.3) is 0 Å². The number of rotatable bonds is 3. The van der Waals surface area contributed by atoms with E-state index in [1.807, 2.05) is 6.07 Å².